The van der Waals surface area contributed by atoms with Gasteiger partial charge in [0.2, 0.25) is 0 Å². The zero-order valence-electron chi connectivity index (χ0n) is 10.9. The molecule has 5 nitrogen and oxygen atoms in total. The predicted molar refractivity (Wildman–Crippen MR) is 75.6 cm³/mol. The maximum atomic E-state index is 13.2. The van der Waals surface area contributed by atoms with Crippen molar-refractivity contribution in [2.45, 2.75) is 13.0 Å². The van der Waals surface area contributed by atoms with Gasteiger partial charge in [0, 0.05) is 0 Å². The van der Waals surface area contributed by atoms with Gasteiger partial charge in [-0.1, -0.05) is 12.1 Å². The maximum absolute atomic E-state index is 13.2. The van der Waals surface area contributed by atoms with Gasteiger partial charge in [-0.05, 0) is 30.7 Å². The Morgan fingerprint density at radius 3 is 2.80 bits per heavy atom. The Hall–Kier alpha value is -2.63. The quantitative estimate of drug-likeness (QED) is 0.795. The SMILES string of the molecule is CC(Nc1cc(C(N)=O)c(N)cn1)c1cccc(F)c1. The molecule has 0 aliphatic carbocycles. The van der Waals surface area contributed by atoms with E-state index in [4.69, 9.17) is 11.5 Å². The number of nitrogen functional groups attached to an aromatic ring is 1. The summed E-state index contributed by atoms with van der Waals surface area (Å²) >= 11 is 0. The normalized spacial score (nSPS) is 11.9. The first-order valence-corrected chi connectivity index (χ1v) is 6.04. The van der Waals surface area contributed by atoms with Gasteiger partial charge >= 0.3 is 0 Å². The van der Waals surface area contributed by atoms with Crippen molar-refractivity contribution in [3.05, 3.63) is 53.5 Å². The second kappa shape index (κ2) is 5.56. The molecule has 1 amide bonds. The molecule has 0 saturated carbocycles. The lowest BCUT2D eigenvalue weighted by atomic mass is 10.1. The second-order valence-electron chi connectivity index (χ2n) is 4.44. The van der Waals surface area contributed by atoms with Crippen LogP contribution in [0.15, 0.2) is 36.5 Å². The van der Waals surface area contributed by atoms with Crippen LogP contribution in [-0.4, -0.2) is 10.9 Å². The number of carbonyl (C=O) groups excluding carboxylic acids is 1. The third-order valence-corrected chi connectivity index (χ3v) is 2.91. The molecule has 2 rings (SSSR count). The predicted octanol–water partition coefficient (Wildman–Crippen LogP) is 2.07. The van der Waals surface area contributed by atoms with Gasteiger partial charge in [-0.3, -0.25) is 4.79 Å². The Labute approximate surface area is 115 Å². The molecule has 1 aromatic carbocycles. The van der Waals surface area contributed by atoms with E-state index in [1.807, 2.05) is 6.92 Å². The number of benzene rings is 1. The van der Waals surface area contributed by atoms with Gasteiger partial charge in [-0.15, -0.1) is 0 Å². The van der Waals surface area contributed by atoms with E-state index in [2.05, 4.69) is 10.3 Å². The molecule has 0 aliphatic rings. The van der Waals surface area contributed by atoms with Gasteiger partial charge in [-0.2, -0.15) is 0 Å². The van der Waals surface area contributed by atoms with Crippen molar-refractivity contribution in [2.75, 3.05) is 11.1 Å². The van der Waals surface area contributed by atoms with Crippen LogP contribution in [-0.2, 0) is 0 Å². The van der Waals surface area contributed by atoms with Gasteiger partial charge in [0.15, 0.2) is 0 Å². The minimum atomic E-state index is -0.619. The molecule has 2 aromatic rings. The van der Waals surface area contributed by atoms with Crippen molar-refractivity contribution in [1.82, 2.24) is 4.98 Å². The molecule has 1 atom stereocenters. The van der Waals surface area contributed by atoms with E-state index in [9.17, 15) is 9.18 Å². The van der Waals surface area contributed by atoms with Crippen molar-refractivity contribution in [3.8, 4) is 0 Å². The third kappa shape index (κ3) is 3.03. The number of hydrogen-bond donors (Lipinski definition) is 3. The Balaban J connectivity index is 2.22. The molecular weight excluding hydrogens is 259 g/mol. The van der Waals surface area contributed by atoms with Crippen molar-refractivity contribution in [2.24, 2.45) is 5.73 Å². The lowest BCUT2D eigenvalue weighted by Crippen LogP contribution is -2.15. The van der Waals surface area contributed by atoms with Crippen LogP contribution in [0.3, 0.4) is 0 Å². The molecule has 6 heteroatoms. The monoisotopic (exact) mass is 274 g/mol. The summed E-state index contributed by atoms with van der Waals surface area (Å²) < 4.78 is 13.2. The maximum Gasteiger partial charge on any atom is 0.250 e. The van der Waals surface area contributed by atoms with Gasteiger partial charge in [0.1, 0.15) is 11.6 Å². The first kappa shape index (κ1) is 13.8. The number of nitrogens with zero attached hydrogens (tertiary/aromatic N) is 1. The molecule has 0 aliphatic heterocycles. The molecule has 1 heterocycles. The molecule has 20 heavy (non-hydrogen) atoms. The number of carbonyl (C=O) groups is 1. The van der Waals surface area contributed by atoms with E-state index in [1.54, 1.807) is 12.1 Å². The van der Waals surface area contributed by atoms with Crippen LogP contribution in [0, 0.1) is 5.82 Å². The summed E-state index contributed by atoms with van der Waals surface area (Å²) in [4.78, 5) is 15.3. The second-order valence-corrected chi connectivity index (χ2v) is 4.44. The van der Waals surface area contributed by atoms with Crippen molar-refractivity contribution in [1.29, 1.82) is 0 Å². The Kier molecular flexibility index (Phi) is 3.84. The Morgan fingerprint density at radius 1 is 1.40 bits per heavy atom. The summed E-state index contributed by atoms with van der Waals surface area (Å²) in [5, 5.41) is 3.07. The number of nitrogens with two attached hydrogens (primary N) is 2. The van der Waals surface area contributed by atoms with E-state index in [0.717, 1.165) is 5.56 Å². The molecule has 0 bridgehead atoms. The molecule has 104 valence electrons. The fourth-order valence-electron chi connectivity index (χ4n) is 1.84. The summed E-state index contributed by atoms with van der Waals surface area (Å²) in [6, 6.07) is 7.55. The summed E-state index contributed by atoms with van der Waals surface area (Å²) in [6.07, 6.45) is 1.36. The summed E-state index contributed by atoms with van der Waals surface area (Å²) in [5.41, 5.74) is 12.0. The highest BCUT2D eigenvalue weighted by Crippen LogP contribution is 2.21. The molecule has 1 unspecified atom stereocenters. The minimum Gasteiger partial charge on any atom is -0.397 e. The zero-order valence-corrected chi connectivity index (χ0v) is 10.9. The third-order valence-electron chi connectivity index (χ3n) is 2.91. The van der Waals surface area contributed by atoms with Crippen molar-refractivity contribution < 1.29 is 9.18 Å². The zero-order chi connectivity index (χ0) is 14.7. The van der Waals surface area contributed by atoms with Crippen molar-refractivity contribution >= 4 is 17.4 Å². The number of rotatable bonds is 4. The number of amides is 1. The van der Waals surface area contributed by atoms with Crippen LogP contribution >= 0.6 is 0 Å². The van der Waals surface area contributed by atoms with Gasteiger partial charge in [0.05, 0.1) is 23.5 Å². The number of hydrogen-bond acceptors (Lipinski definition) is 4. The highest BCUT2D eigenvalue weighted by atomic mass is 19.1. The molecule has 5 N–H and O–H groups in total. The Bertz CT molecular complexity index is 645. The lowest BCUT2D eigenvalue weighted by molar-refractivity contribution is 0.100. The standard InChI is InChI=1S/C14H15FN4O/c1-8(9-3-2-4-10(15)5-9)19-13-6-11(14(17)20)12(16)7-18-13/h2-8H,16H2,1H3,(H2,17,20)(H,18,19). The highest BCUT2D eigenvalue weighted by molar-refractivity contribution is 5.98. The van der Waals surface area contributed by atoms with Crippen LogP contribution in [0.25, 0.3) is 0 Å². The Morgan fingerprint density at radius 2 is 2.15 bits per heavy atom. The molecule has 0 saturated heterocycles. The van der Waals surface area contributed by atoms with Crippen LogP contribution in [0.5, 0.6) is 0 Å². The highest BCUT2D eigenvalue weighted by Gasteiger charge is 2.11. The number of pyridine rings is 1. The average Bonchev–Trinajstić information content (AvgIpc) is 2.40. The molecule has 0 spiro atoms. The number of aromatic nitrogens is 1. The smallest absolute Gasteiger partial charge is 0.250 e. The van der Waals surface area contributed by atoms with Crippen LogP contribution in [0.1, 0.15) is 28.9 Å². The lowest BCUT2D eigenvalue weighted by Gasteiger charge is -2.15. The van der Waals surface area contributed by atoms with Crippen LogP contribution in [0.4, 0.5) is 15.9 Å². The van der Waals surface area contributed by atoms with Gasteiger partial charge < -0.3 is 16.8 Å². The molecule has 0 fully saturated rings. The first-order chi connectivity index (χ1) is 9.47. The number of halogens is 1. The van der Waals surface area contributed by atoms with E-state index < -0.39 is 5.91 Å². The van der Waals surface area contributed by atoms with Crippen LogP contribution in [0.2, 0.25) is 0 Å². The molecule has 0 radical (unpaired) electrons. The summed E-state index contributed by atoms with van der Waals surface area (Å²) in [5.74, 6) is -0.477. The molecular formula is C14H15FN4O. The average molecular weight is 274 g/mol. The summed E-state index contributed by atoms with van der Waals surface area (Å²) in [7, 11) is 0. The summed E-state index contributed by atoms with van der Waals surface area (Å²) in [6.45, 7) is 1.86. The van der Waals surface area contributed by atoms with Crippen LogP contribution < -0.4 is 16.8 Å². The number of nitrogens with one attached hydrogen (secondary N) is 1. The van der Waals surface area contributed by atoms with E-state index in [1.165, 1.54) is 24.4 Å². The topological polar surface area (TPSA) is 94.0 Å². The largest absolute Gasteiger partial charge is 0.397 e. The minimum absolute atomic E-state index is 0.178. The van der Waals surface area contributed by atoms with E-state index >= 15 is 0 Å². The van der Waals surface area contributed by atoms with Gasteiger partial charge in [-0.25, -0.2) is 9.37 Å². The van der Waals surface area contributed by atoms with Crippen molar-refractivity contribution in [3.63, 3.8) is 0 Å². The number of primary amides is 1. The fourth-order valence-corrected chi connectivity index (χ4v) is 1.84. The fraction of sp³-hybridized carbons (Fsp3) is 0.143. The number of anilines is 2. The van der Waals surface area contributed by atoms with Gasteiger partial charge in [0.25, 0.3) is 5.91 Å². The first-order valence-electron chi connectivity index (χ1n) is 6.04. The van der Waals surface area contributed by atoms with E-state index in [-0.39, 0.29) is 23.1 Å². The molecule has 1 aromatic heterocycles. The van der Waals surface area contributed by atoms with E-state index in [0.29, 0.717) is 5.82 Å².